The fourth-order valence-electron chi connectivity index (χ4n) is 3.36. The van der Waals surface area contributed by atoms with E-state index in [1.165, 1.54) is 24.8 Å². The standard InChI is InChI=1S/C17H22N2O/c18-11-14-7-2-1-3-8-16(14)19-12-15-10-13-6-4-5-9-17(13)20-15/h4-6,9,14-16,19H,1-3,7-8,10,12H2. The molecule has 3 atom stereocenters. The third kappa shape index (κ3) is 2.96. The Bertz CT molecular complexity index is 469. The van der Waals surface area contributed by atoms with E-state index in [1.54, 1.807) is 0 Å². The maximum absolute atomic E-state index is 9.30. The molecule has 3 nitrogen and oxygen atoms in total. The van der Waals surface area contributed by atoms with Crippen molar-refractivity contribution < 1.29 is 4.74 Å². The van der Waals surface area contributed by atoms with E-state index in [-0.39, 0.29) is 12.0 Å². The summed E-state index contributed by atoms with van der Waals surface area (Å²) in [6.07, 6.45) is 7.06. The van der Waals surface area contributed by atoms with Crippen LogP contribution in [0.1, 0.15) is 37.7 Å². The molecule has 1 aromatic rings. The van der Waals surface area contributed by atoms with Crippen LogP contribution in [0.3, 0.4) is 0 Å². The highest BCUT2D eigenvalue weighted by Gasteiger charge is 2.26. The van der Waals surface area contributed by atoms with E-state index in [1.807, 2.05) is 12.1 Å². The highest BCUT2D eigenvalue weighted by atomic mass is 16.5. The number of benzene rings is 1. The van der Waals surface area contributed by atoms with Crippen LogP contribution in [0.2, 0.25) is 0 Å². The molecule has 0 saturated heterocycles. The van der Waals surface area contributed by atoms with Gasteiger partial charge < -0.3 is 10.1 Å². The SMILES string of the molecule is N#CC1CCCCCC1NCC1Cc2ccccc2O1. The number of nitriles is 1. The van der Waals surface area contributed by atoms with Crippen LogP contribution in [0.15, 0.2) is 24.3 Å². The zero-order valence-electron chi connectivity index (χ0n) is 11.8. The molecular formula is C17H22N2O. The van der Waals surface area contributed by atoms with Crippen LogP contribution < -0.4 is 10.1 Å². The van der Waals surface area contributed by atoms with E-state index >= 15 is 0 Å². The summed E-state index contributed by atoms with van der Waals surface area (Å²) < 4.78 is 5.95. The summed E-state index contributed by atoms with van der Waals surface area (Å²) >= 11 is 0. The van der Waals surface area contributed by atoms with Crippen molar-refractivity contribution in [1.82, 2.24) is 5.32 Å². The summed E-state index contributed by atoms with van der Waals surface area (Å²) in [6, 6.07) is 11.1. The van der Waals surface area contributed by atoms with Crippen molar-refractivity contribution in [2.75, 3.05) is 6.54 Å². The van der Waals surface area contributed by atoms with Crippen molar-refractivity contribution in [1.29, 1.82) is 5.26 Å². The molecule has 0 radical (unpaired) electrons. The number of para-hydroxylation sites is 1. The van der Waals surface area contributed by atoms with Crippen molar-refractivity contribution in [2.24, 2.45) is 5.92 Å². The molecule has 1 saturated carbocycles. The fourth-order valence-corrected chi connectivity index (χ4v) is 3.36. The third-order valence-electron chi connectivity index (χ3n) is 4.50. The van der Waals surface area contributed by atoms with Crippen molar-refractivity contribution in [3.63, 3.8) is 0 Å². The summed E-state index contributed by atoms with van der Waals surface area (Å²) in [5, 5.41) is 12.9. The summed E-state index contributed by atoms with van der Waals surface area (Å²) in [5.41, 5.74) is 1.30. The first-order valence-corrected chi connectivity index (χ1v) is 7.74. The minimum atomic E-state index is 0.168. The quantitative estimate of drug-likeness (QED) is 0.859. The third-order valence-corrected chi connectivity index (χ3v) is 4.50. The second-order valence-corrected chi connectivity index (χ2v) is 5.94. The Kier molecular flexibility index (Phi) is 4.22. The van der Waals surface area contributed by atoms with Gasteiger partial charge >= 0.3 is 0 Å². The van der Waals surface area contributed by atoms with Crippen LogP contribution >= 0.6 is 0 Å². The first-order chi connectivity index (χ1) is 9.86. The minimum Gasteiger partial charge on any atom is -0.488 e. The molecule has 106 valence electrons. The van der Waals surface area contributed by atoms with Gasteiger partial charge in [-0.2, -0.15) is 5.26 Å². The zero-order valence-corrected chi connectivity index (χ0v) is 11.8. The molecule has 0 aromatic heterocycles. The average molecular weight is 270 g/mol. The second kappa shape index (κ2) is 6.28. The molecular weight excluding hydrogens is 248 g/mol. The first kappa shape index (κ1) is 13.5. The van der Waals surface area contributed by atoms with Crippen LogP contribution in [-0.4, -0.2) is 18.7 Å². The Hall–Kier alpha value is -1.53. The Morgan fingerprint density at radius 3 is 2.90 bits per heavy atom. The summed E-state index contributed by atoms with van der Waals surface area (Å²) in [4.78, 5) is 0. The first-order valence-electron chi connectivity index (χ1n) is 7.74. The van der Waals surface area contributed by atoms with Gasteiger partial charge in [-0.15, -0.1) is 0 Å². The molecule has 1 fully saturated rings. The van der Waals surface area contributed by atoms with Gasteiger partial charge in [0, 0.05) is 19.0 Å². The number of fused-ring (bicyclic) bond motifs is 1. The average Bonchev–Trinajstić information content (AvgIpc) is 2.75. The lowest BCUT2D eigenvalue weighted by atomic mass is 9.96. The molecule has 0 spiro atoms. The Labute approximate surface area is 120 Å². The van der Waals surface area contributed by atoms with Crippen LogP contribution in [-0.2, 0) is 6.42 Å². The maximum atomic E-state index is 9.30. The van der Waals surface area contributed by atoms with Crippen molar-refractivity contribution in [3.05, 3.63) is 29.8 Å². The van der Waals surface area contributed by atoms with Gasteiger partial charge in [0.15, 0.2) is 0 Å². The smallest absolute Gasteiger partial charge is 0.123 e. The molecule has 2 aliphatic rings. The predicted octanol–water partition coefficient (Wildman–Crippen LogP) is 3.05. The molecule has 0 amide bonds. The highest BCUT2D eigenvalue weighted by molar-refractivity contribution is 5.37. The lowest BCUT2D eigenvalue weighted by molar-refractivity contribution is 0.214. The molecule has 1 N–H and O–H groups in total. The minimum absolute atomic E-state index is 0.168. The molecule has 1 aliphatic carbocycles. The molecule has 1 aromatic carbocycles. The van der Waals surface area contributed by atoms with Gasteiger partial charge in [-0.1, -0.05) is 37.5 Å². The number of hydrogen-bond acceptors (Lipinski definition) is 3. The molecule has 0 bridgehead atoms. The summed E-state index contributed by atoms with van der Waals surface area (Å²) in [5.74, 6) is 1.19. The summed E-state index contributed by atoms with van der Waals surface area (Å²) in [7, 11) is 0. The number of rotatable bonds is 3. The van der Waals surface area contributed by atoms with E-state index in [2.05, 4.69) is 23.5 Å². The topological polar surface area (TPSA) is 45.0 Å². The maximum Gasteiger partial charge on any atom is 0.123 e. The molecule has 3 heteroatoms. The van der Waals surface area contributed by atoms with Crippen molar-refractivity contribution in [2.45, 2.75) is 50.7 Å². The van der Waals surface area contributed by atoms with Gasteiger partial charge in [0.25, 0.3) is 0 Å². The summed E-state index contributed by atoms with van der Waals surface area (Å²) in [6.45, 7) is 0.845. The van der Waals surface area contributed by atoms with Gasteiger partial charge in [0.1, 0.15) is 11.9 Å². The van der Waals surface area contributed by atoms with Crippen LogP contribution in [0.4, 0.5) is 0 Å². The van der Waals surface area contributed by atoms with Gasteiger partial charge in [0.2, 0.25) is 0 Å². The Morgan fingerprint density at radius 2 is 2.05 bits per heavy atom. The van der Waals surface area contributed by atoms with Crippen LogP contribution in [0.5, 0.6) is 5.75 Å². The van der Waals surface area contributed by atoms with Gasteiger partial charge in [0.05, 0.1) is 12.0 Å². The zero-order chi connectivity index (χ0) is 13.8. The molecule has 3 rings (SSSR count). The normalized spacial score (nSPS) is 29.1. The van der Waals surface area contributed by atoms with E-state index in [0.29, 0.717) is 6.04 Å². The lowest BCUT2D eigenvalue weighted by Crippen LogP contribution is -2.41. The lowest BCUT2D eigenvalue weighted by Gasteiger charge is -2.22. The van der Waals surface area contributed by atoms with E-state index in [9.17, 15) is 5.26 Å². The molecule has 1 heterocycles. The van der Waals surface area contributed by atoms with E-state index < -0.39 is 0 Å². The second-order valence-electron chi connectivity index (χ2n) is 5.94. The molecule has 3 unspecified atom stereocenters. The number of nitrogens with zero attached hydrogens (tertiary/aromatic N) is 1. The van der Waals surface area contributed by atoms with Crippen molar-refractivity contribution in [3.8, 4) is 11.8 Å². The Morgan fingerprint density at radius 1 is 1.20 bits per heavy atom. The van der Waals surface area contributed by atoms with E-state index in [0.717, 1.165) is 31.6 Å². The van der Waals surface area contributed by atoms with E-state index in [4.69, 9.17) is 4.74 Å². The number of hydrogen-bond donors (Lipinski definition) is 1. The predicted molar refractivity (Wildman–Crippen MR) is 78.5 cm³/mol. The number of ether oxygens (including phenoxy) is 1. The molecule has 20 heavy (non-hydrogen) atoms. The van der Waals surface area contributed by atoms with Gasteiger partial charge in [-0.05, 0) is 24.5 Å². The van der Waals surface area contributed by atoms with Crippen molar-refractivity contribution >= 4 is 0 Å². The largest absolute Gasteiger partial charge is 0.488 e. The van der Waals surface area contributed by atoms with Crippen LogP contribution in [0.25, 0.3) is 0 Å². The van der Waals surface area contributed by atoms with Crippen LogP contribution in [0, 0.1) is 17.2 Å². The molecule has 1 aliphatic heterocycles. The van der Waals surface area contributed by atoms with Gasteiger partial charge in [-0.25, -0.2) is 0 Å². The number of nitrogens with one attached hydrogen (secondary N) is 1. The fraction of sp³-hybridized carbons (Fsp3) is 0.588. The monoisotopic (exact) mass is 270 g/mol. The van der Waals surface area contributed by atoms with Gasteiger partial charge in [-0.3, -0.25) is 0 Å². The Balaban J connectivity index is 1.54. The highest BCUT2D eigenvalue weighted by Crippen LogP contribution is 2.28.